The minimum atomic E-state index is -0.0608. The van der Waals surface area contributed by atoms with Crippen LogP contribution in [0, 0.1) is 11.8 Å². The van der Waals surface area contributed by atoms with Crippen molar-refractivity contribution in [1.29, 1.82) is 0 Å². The second-order valence-corrected chi connectivity index (χ2v) is 10.9. The van der Waals surface area contributed by atoms with Crippen LogP contribution in [0.5, 0.6) is 0 Å². The maximum Gasteiger partial charge on any atom is 0.330 e. The molecule has 4 aromatic rings. The summed E-state index contributed by atoms with van der Waals surface area (Å²) >= 11 is 0. The number of fused-ring (bicyclic) bond motifs is 4. The average molecular weight is 501 g/mol. The minimum absolute atomic E-state index is 0.0608. The van der Waals surface area contributed by atoms with Gasteiger partial charge in [-0.1, -0.05) is 12.1 Å². The summed E-state index contributed by atoms with van der Waals surface area (Å²) in [6.45, 7) is 4.78. The maximum absolute atomic E-state index is 13.1. The van der Waals surface area contributed by atoms with E-state index >= 15 is 0 Å². The normalized spacial score (nSPS) is 25.0. The van der Waals surface area contributed by atoms with Crippen LogP contribution < -0.4 is 5.69 Å². The number of methoxy groups -OCH3 is 1. The standard InChI is InChI=1S/C28H32N6O3/c1-32-27-26(34(28(32)35)22-11-23(12-22)36-2)24-10-17(4-6-25(24)30-31-27)18-3-5-21(29-13-18)16-37-8-7-33-14-19-9-20(19)15-33/h3-6,10,13,19-20,22-23H,7-9,11-12,14-16H2,1-2H3/t19?,20?,22-,23-. The number of piperidine rings is 1. The highest BCUT2D eigenvalue weighted by atomic mass is 16.5. The predicted molar refractivity (Wildman–Crippen MR) is 140 cm³/mol. The molecule has 2 unspecified atom stereocenters. The molecule has 9 nitrogen and oxygen atoms in total. The second-order valence-electron chi connectivity index (χ2n) is 10.9. The van der Waals surface area contributed by atoms with Crippen LogP contribution in [0.15, 0.2) is 41.3 Å². The summed E-state index contributed by atoms with van der Waals surface area (Å²) in [4.78, 5) is 20.3. The van der Waals surface area contributed by atoms with Crippen molar-refractivity contribution in [2.75, 3.05) is 33.4 Å². The van der Waals surface area contributed by atoms with Crippen molar-refractivity contribution in [3.8, 4) is 11.1 Å². The molecule has 3 aromatic heterocycles. The van der Waals surface area contributed by atoms with Crippen molar-refractivity contribution in [2.45, 2.75) is 38.0 Å². The summed E-state index contributed by atoms with van der Waals surface area (Å²) in [7, 11) is 3.48. The van der Waals surface area contributed by atoms with E-state index in [1.807, 2.05) is 29.0 Å². The third-order valence-electron chi connectivity index (χ3n) is 8.55. The van der Waals surface area contributed by atoms with E-state index in [2.05, 4.69) is 32.2 Å². The average Bonchev–Trinajstić information content (AvgIpc) is 3.43. The second kappa shape index (κ2) is 9.01. The Kier molecular flexibility index (Phi) is 5.60. The first-order chi connectivity index (χ1) is 18.1. The monoisotopic (exact) mass is 500 g/mol. The number of aryl methyl sites for hydroxylation is 1. The Labute approximate surface area is 215 Å². The highest BCUT2D eigenvalue weighted by molar-refractivity contribution is 6.02. The summed E-state index contributed by atoms with van der Waals surface area (Å²) in [6.07, 6.45) is 5.18. The zero-order chi connectivity index (χ0) is 25.1. The minimum Gasteiger partial charge on any atom is -0.381 e. The number of hydrogen-bond donors (Lipinski definition) is 0. The molecule has 1 aliphatic heterocycles. The number of benzene rings is 1. The van der Waals surface area contributed by atoms with Gasteiger partial charge in [0, 0.05) is 57.0 Å². The molecule has 2 saturated carbocycles. The van der Waals surface area contributed by atoms with Gasteiger partial charge in [-0.05, 0) is 54.9 Å². The Balaban J connectivity index is 1.12. The molecule has 4 heterocycles. The zero-order valence-corrected chi connectivity index (χ0v) is 21.3. The van der Waals surface area contributed by atoms with E-state index in [0.29, 0.717) is 12.3 Å². The molecule has 3 aliphatic rings. The van der Waals surface area contributed by atoms with Crippen LogP contribution in [-0.4, -0.2) is 68.7 Å². The van der Waals surface area contributed by atoms with E-state index < -0.39 is 0 Å². The molecule has 7 rings (SSSR count). The fourth-order valence-electron chi connectivity index (χ4n) is 6.08. The summed E-state index contributed by atoms with van der Waals surface area (Å²) in [5.74, 6) is 1.92. The van der Waals surface area contributed by atoms with Gasteiger partial charge in [0.1, 0.15) is 5.52 Å². The topological polar surface area (TPSA) is 87.3 Å². The Morgan fingerprint density at radius 2 is 1.84 bits per heavy atom. The number of likely N-dealkylation sites (tertiary alicyclic amines) is 1. The van der Waals surface area contributed by atoms with Gasteiger partial charge >= 0.3 is 5.69 Å². The molecular weight excluding hydrogens is 468 g/mol. The maximum atomic E-state index is 13.1. The van der Waals surface area contributed by atoms with Crippen LogP contribution >= 0.6 is 0 Å². The summed E-state index contributed by atoms with van der Waals surface area (Å²) in [6, 6.07) is 10.3. The molecule has 1 aromatic carbocycles. The molecule has 2 aliphatic carbocycles. The fourth-order valence-corrected chi connectivity index (χ4v) is 6.08. The van der Waals surface area contributed by atoms with E-state index in [1.165, 1.54) is 19.5 Å². The van der Waals surface area contributed by atoms with Gasteiger partial charge in [-0.25, -0.2) is 4.79 Å². The largest absolute Gasteiger partial charge is 0.381 e. The van der Waals surface area contributed by atoms with Crippen LogP contribution in [0.3, 0.4) is 0 Å². The molecule has 1 saturated heterocycles. The first kappa shape index (κ1) is 23.0. The third kappa shape index (κ3) is 4.05. The highest BCUT2D eigenvalue weighted by Gasteiger charge is 2.44. The molecule has 0 bridgehead atoms. The lowest BCUT2D eigenvalue weighted by molar-refractivity contribution is 0.00635. The number of rotatable bonds is 8. The van der Waals surface area contributed by atoms with Crippen molar-refractivity contribution in [1.82, 2.24) is 29.2 Å². The lowest BCUT2D eigenvalue weighted by Crippen LogP contribution is -2.37. The number of ether oxygens (including phenoxy) is 2. The molecule has 0 N–H and O–H groups in total. The summed E-state index contributed by atoms with van der Waals surface area (Å²) in [5, 5.41) is 9.71. The van der Waals surface area contributed by atoms with Crippen molar-refractivity contribution in [3.63, 3.8) is 0 Å². The molecule has 192 valence electrons. The fraction of sp³-hybridized carbons (Fsp3) is 0.500. The van der Waals surface area contributed by atoms with E-state index in [9.17, 15) is 4.79 Å². The van der Waals surface area contributed by atoms with E-state index in [0.717, 1.165) is 71.1 Å². The van der Waals surface area contributed by atoms with Gasteiger partial charge in [-0.15, -0.1) is 10.2 Å². The van der Waals surface area contributed by atoms with Gasteiger partial charge in [-0.2, -0.15) is 0 Å². The van der Waals surface area contributed by atoms with Crippen LogP contribution in [0.4, 0.5) is 0 Å². The van der Waals surface area contributed by atoms with E-state index in [4.69, 9.17) is 9.47 Å². The van der Waals surface area contributed by atoms with Crippen molar-refractivity contribution < 1.29 is 9.47 Å². The highest BCUT2D eigenvalue weighted by Crippen LogP contribution is 2.44. The molecule has 0 amide bonds. The van der Waals surface area contributed by atoms with Crippen LogP contribution in [0.25, 0.3) is 33.2 Å². The van der Waals surface area contributed by atoms with Crippen molar-refractivity contribution in [3.05, 3.63) is 52.7 Å². The van der Waals surface area contributed by atoms with Crippen molar-refractivity contribution >= 4 is 22.1 Å². The summed E-state index contributed by atoms with van der Waals surface area (Å²) < 4.78 is 14.8. The first-order valence-corrected chi connectivity index (χ1v) is 13.2. The Bertz CT molecular complexity index is 1510. The molecule has 0 spiro atoms. The number of hydrogen-bond acceptors (Lipinski definition) is 7. The van der Waals surface area contributed by atoms with Gasteiger partial charge in [0.05, 0.1) is 30.5 Å². The molecular formula is C28H32N6O3. The zero-order valence-electron chi connectivity index (χ0n) is 21.3. The van der Waals surface area contributed by atoms with Gasteiger partial charge in [0.2, 0.25) is 0 Å². The van der Waals surface area contributed by atoms with Gasteiger partial charge in [0.15, 0.2) is 5.65 Å². The van der Waals surface area contributed by atoms with E-state index in [1.54, 1.807) is 18.7 Å². The smallest absolute Gasteiger partial charge is 0.330 e. The van der Waals surface area contributed by atoms with Gasteiger partial charge < -0.3 is 14.4 Å². The Hall–Kier alpha value is -3.14. The number of pyridine rings is 1. The quantitative estimate of drug-likeness (QED) is 0.344. The predicted octanol–water partition coefficient (Wildman–Crippen LogP) is 3.16. The lowest BCUT2D eigenvalue weighted by atomic mass is 9.89. The van der Waals surface area contributed by atoms with Crippen molar-refractivity contribution in [2.24, 2.45) is 18.9 Å². The lowest BCUT2D eigenvalue weighted by Gasteiger charge is -2.34. The molecule has 0 radical (unpaired) electrons. The molecule has 3 fully saturated rings. The van der Waals surface area contributed by atoms with Gasteiger partial charge in [-0.3, -0.25) is 14.1 Å². The molecule has 37 heavy (non-hydrogen) atoms. The molecule has 9 heteroatoms. The van der Waals surface area contributed by atoms with E-state index in [-0.39, 0.29) is 17.8 Å². The third-order valence-corrected chi connectivity index (χ3v) is 8.55. The number of imidazole rings is 1. The Morgan fingerprint density at radius 1 is 1.03 bits per heavy atom. The number of nitrogens with zero attached hydrogens (tertiary/aromatic N) is 6. The SMILES string of the molecule is CO[C@H]1C[C@H](n2c(=O)n(C)c3nnc4ccc(-c5ccc(COCCN6CC7CC7C6)nc5)cc4c32)C1. The van der Waals surface area contributed by atoms with Crippen LogP contribution in [0.2, 0.25) is 0 Å². The Morgan fingerprint density at radius 3 is 2.59 bits per heavy atom. The van der Waals surface area contributed by atoms with Gasteiger partial charge in [0.25, 0.3) is 0 Å². The number of aromatic nitrogens is 5. The first-order valence-electron chi connectivity index (χ1n) is 13.2. The van der Waals surface area contributed by atoms with Crippen LogP contribution in [0.1, 0.15) is 31.0 Å². The summed E-state index contributed by atoms with van der Waals surface area (Å²) in [5.41, 5.74) is 5.12. The molecule has 2 atom stereocenters. The van der Waals surface area contributed by atoms with Crippen LogP contribution in [-0.2, 0) is 23.1 Å².